The molecular weight excluding hydrogens is 261 g/mol. The van der Waals surface area contributed by atoms with Crippen LogP contribution in [0.5, 0.6) is 0 Å². The van der Waals surface area contributed by atoms with Gasteiger partial charge in [-0.1, -0.05) is 0 Å². The van der Waals surface area contributed by atoms with E-state index < -0.39 is 43.4 Å². The van der Waals surface area contributed by atoms with E-state index in [0.29, 0.717) is 6.92 Å². The minimum Gasteiger partial charge on any atom is -0.396 e. The molecule has 0 rings (SSSR count). The van der Waals surface area contributed by atoms with Gasteiger partial charge >= 0.3 is 24.2 Å². The number of rotatable bonds is 5. The van der Waals surface area contributed by atoms with Gasteiger partial charge in [-0.25, -0.2) is 0 Å². The number of carbonyl (C=O) groups excluding carboxylic acids is 1. The second-order valence-electron chi connectivity index (χ2n) is 3.28. The monoisotopic (exact) mass is 270 g/mol. The highest BCUT2D eigenvalue weighted by atomic mass is 19.4. The summed E-state index contributed by atoms with van der Waals surface area (Å²) in [6.45, 7) is 0.486. The largest absolute Gasteiger partial charge is 0.466 e. The van der Waals surface area contributed by atoms with Crippen molar-refractivity contribution in [3.63, 3.8) is 0 Å². The zero-order valence-corrected chi connectivity index (χ0v) is 8.58. The minimum absolute atomic E-state index is 0.486. The standard InChI is InChI=1S/C8H9F7O2/c1-5(16)17-8(14,15)6(9,10)3-2-4-7(11,12)13/h2-4H2,1H3. The normalized spacial score (nSPS) is 13.6. The molecule has 0 unspecified atom stereocenters. The van der Waals surface area contributed by atoms with Crippen LogP contribution in [0.15, 0.2) is 0 Å². The first-order chi connectivity index (χ1) is 7.37. The Labute approximate surface area is 91.7 Å². The van der Waals surface area contributed by atoms with Gasteiger partial charge in [-0.3, -0.25) is 4.79 Å². The van der Waals surface area contributed by atoms with Gasteiger partial charge in [-0.05, 0) is 6.42 Å². The van der Waals surface area contributed by atoms with Crippen molar-refractivity contribution >= 4 is 5.97 Å². The molecule has 102 valence electrons. The van der Waals surface area contributed by atoms with E-state index in [2.05, 4.69) is 4.74 Å². The SMILES string of the molecule is CC(=O)OC(F)(F)C(F)(F)CCCC(F)(F)F. The predicted octanol–water partition coefficient (Wildman–Crippen LogP) is 3.51. The van der Waals surface area contributed by atoms with Gasteiger partial charge in [-0.15, -0.1) is 0 Å². The summed E-state index contributed by atoms with van der Waals surface area (Å²) in [6.07, 6.45) is -14.3. The van der Waals surface area contributed by atoms with Crippen molar-refractivity contribution in [2.24, 2.45) is 0 Å². The van der Waals surface area contributed by atoms with Crippen molar-refractivity contribution in [1.82, 2.24) is 0 Å². The first-order valence-corrected chi connectivity index (χ1v) is 4.39. The average molecular weight is 270 g/mol. The summed E-state index contributed by atoms with van der Waals surface area (Å²) in [4.78, 5) is 10.1. The maximum atomic E-state index is 12.7. The summed E-state index contributed by atoms with van der Waals surface area (Å²) in [7, 11) is 0. The third kappa shape index (κ3) is 5.73. The van der Waals surface area contributed by atoms with Crippen molar-refractivity contribution in [3.8, 4) is 0 Å². The third-order valence-corrected chi connectivity index (χ3v) is 1.65. The Hall–Kier alpha value is -1.02. The molecule has 0 aromatic carbocycles. The molecular formula is C8H9F7O2. The van der Waals surface area contributed by atoms with E-state index in [4.69, 9.17) is 0 Å². The van der Waals surface area contributed by atoms with Crippen molar-refractivity contribution in [1.29, 1.82) is 0 Å². The van der Waals surface area contributed by atoms with Gasteiger partial charge in [0, 0.05) is 19.8 Å². The molecule has 0 fully saturated rings. The summed E-state index contributed by atoms with van der Waals surface area (Å²) in [6, 6.07) is 0. The van der Waals surface area contributed by atoms with Gasteiger partial charge in [0.05, 0.1) is 0 Å². The van der Waals surface area contributed by atoms with Crippen LogP contribution < -0.4 is 0 Å². The fourth-order valence-electron chi connectivity index (χ4n) is 0.912. The summed E-state index contributed by atoms with van der Waals surface area (Å²) in [5.74, 6) is -6.48. The van der Waals surface area contributed by atoms with Crippen LogP contribution in [-0.4, -0.2) is 24.2 Å². The zero-order chi connectivity index (χ0) is 13.9. The Morgan fingerprint density at radius 2 is 1.47 bits per heavy atom. The Kier molecular flexibility index (Phi) is 4.79. The highest BCUT2D eigenvalue weighted by molar-refractivity contribution is 5.66. The first kappa shape index (κ1) is 16.0. The first-order valence-electron chi connectivity index (χ1n) is 4.39. The number of esters is 1. The van der Waals surface area contributed by atoms with Gasteiger partial charge < -0.3 is 4.74 Å². The third-order valence-electron chi connectivity index (χ3n) is 1.65. The van der Waals surface area contributed by atoms with Crippen LogP contribution in [0.4, 0.5) is 30.7 Å². The zero-order valence-electron chi connectivity index (χ0n) is 8.58. The van der Waals surface area contributed by atoms with Gasteiger partial charge in [0.15, 0.2) is 0 Å². The van der Waals surface area contributed by atoms with E-state index in [0.717, 1.165) is 0 Å². The fraction of sp³-hybridized carbons (Fsp3) is 0.875. The molecule has 0 saturated carbocycles. The highest BCUT2D eigenvalue weighted by Gasteiger charge is 2.59. The molecule has 0 aliphatic rings. The number of alkyl halides is 7. The van der Waals surface area contributed by atoms with Gasteiger partial charge in [-0.2, -0.15) is 30.7 Å². The molecule has 9 heteroatoms. The van der Waals surface area contributed by atoms with E-state index in [-0.39, 0.29) is 0 Å². The molecule has 0 N–H and O–H groups in total. The lowest BCUT2D eigenvalue weighted by Gasteiger charge is -2.25. The lowest BCUT2D eigenvalue weighted by Crippen LogP contribution is -2.44. The highest BCUT2D eigenvalue weighted by Crippen LogP contribution is 2.40. The number of carbonyl (C=O) groups is 1. The van der Waals surface area contributed by atoms with E-state index >= 15 is 0 Å². The molecule has 0 amide bonds. The van der Waals surface area contributed by atoms with Crippen LogP contribution in [0.3, 0.4) is 0 Å². The number of hydrogen-bond donors (Lipinski definition) is 0. The molecule has 0 atom stereocenters. The molecule has 0 saturated heterocycles. The summed E-state index contributed by atoms with van der Waals surface area (Å²) < 4.78 is 88.6. The van der Waals surface area contributed by atoms with Gasteiger partial charge in [0.25, 0.3) is 0 Å². The molecule has 0 radical (unpaired) electrons. The number of halogens is 7. The second kappa shape index (κ2) is 5.09. The van der Waals surface area contributed by atoms with Crippen molar-refractivity contribution in [2.75, 3.05) is 0 Å². The van der Waals surface area contributed by atoms with E-state index in [1.54, 1.807) is 0 Å². The quantitative estimate of drug-likeness (QED) is 0.564. The van der Waals surface area contributed by atoms with Crippen LogP contribution in [-0.2, 0) is 9.53 Å². The smallest absolute Gasteiger partial charge is 0.396 e. The minimum atomic E-state index is -5.11. The Morgan fingerprint density at radius 3 is 1.82 bits per heavy atom. The molecule has 2 nitrogen and oxygen atoms in total. The lowest BCUT2D eigenvalue weighted by molar-refractivity contribution is -0.332. The van der Waals surface area contributed by atoms with Crippen molar-refractivity contribution in [3.05, 3.63) is 0 Å². The Balaban J connectivity index is 4.40. The predicted molar refractivity (Wildman–Crippen MR) is 41.6 cm³/mol. The molecule has 0 aromatic rings. The van der Waals surface area contributed by atoms with Crippen LogP contribution >= 0.6 is 0 Å². The van der Waals surface area contributed by atoms with Gasteiger partial charge in [0.2, 0.25) is 0 Å². The van der Waals surface area contributed by atoms with Crippen LogP contribution in [0, 0.1) is 0 Å². The fourth-order valence-corrected chi connectivity index (χ4v) is 0.912. The van der Waals surface area contributed by atoms with Crippen LogP contribution in [0.1, 0.15) is 26.2 Å². The summed E-state index contributed by atoms with van der Waals surface area (Å²) in [5, 5.41) is 0. The summed E-state index contributed by atoms with van der Waals surface area (Å²) >= 11 is 0. The summed E-state index contributed by atoms with van der Waals surface area (Å²) in [5.41, 5.74) is 0. The number of ether oxygens (including phenoxy) is 1. The van der Waals surface area contributed by atoms with Crippen molar-refractivity contribution in [2.45, 2.75) is 44.4 Å². The maximum Gasteiger partial charge on any atom is 0.466 e. The Bertz CT molecular complexity index is 272. The Morgan fingerprint density at radius 1 is 1.00 bits per heavy atom. The van der Waals surface area contributed by atoms with E-state index in [9.17, 15) is 35.5 Å². The molecule has 0 spiro atoms. The molecule has 0 heterocycles. The van der Waals surface area contributed by atoms with E-state index in [1.165, 1.54) is 0 Å². The maximum absolute atomic E-state index is 12.7. The second-order valence-corrected chi connectivity index (χ2v) is 3.28. The molecule has 0 aliphatic carbocycles. The lowest BCUT2D eigenvalue weighted by atomic mass is 10.1. The molecule has 0 aliphatic heterocycles. The average Bonchev–Trinajstić information content (AvgIpc) is 1.97. The van der Waals surface area contributed by atoms with Crippen LogP contribution in [0.25, 0.3) is 0 Å². The van der Waals surface area contributed by atoms with Crippen LogP contribution in [0.2, 0.25) is 0 Å². The van der Waals surface area contributed by atoms with Gasteiger partial charge in [0.1, 0.15) is 0 Å². The number of hydrogen-bond acceptors (Lipinski definition) is 2. The van der Waals surface area contributed by atoms with Crippen molar-refractivity contribution < 1.29 is 40.3 Å². The molecule has 0 aromatic heterocycles. The van der Waals surface area contributed by atoms with E-state index in [1.807, 2.05) is 0 Å². The topological polar surface area (TPSA) is 26.3 Å². The molecule has 0 bridgehead atoms. The molecule has 17 heavy (non-hydrogen) atoms.